The minimum atomic E-state index is -0.913. The first-order valence-electron chi connectivity index (χ1n) is 2.99. The SMILES string of the molecule is CSCCC(N)C(=O)O.NN. The molecule has 0 aromatic heterocycles. The standard InChI is InChI=1S/C5H11NO2S.H4N2/c1-9-3-2-4(6)5(7)8;1-2/h4H,2-3,6H2,1H3,(H,7,8);1-2H2. The van der Waals surface area contributed by atoms with Gasteiger partial charge in [-0.15, -0.1) is 0 Å². The molecule has 0 aliphatic heterocycles. The molecule has 0 rings (SSSR count). The summed E-state index contributed by atoms with van der Waals surface area (Å²) < 4.78 is 0. The van der Waals surface area contributed by atoms with E-state index >= 15 is 0 Å². The van der Waals surface area contributed by atoms with Crippen molar-refractivity contribution in [2.75, 3.05) is 12.0 Å². The predicted molar refractivity (Wildman–Crippen MR) is 47.0 cm³/mol. The second kappa shape index (κ2) is 9.70. The predicted octanol–water partition coefficient (Wildman–Crippen LogP) is -1.03. The maximum absolute atomic E-state index is 10.1. The summed E-state index contributed by atoms with van der Waals surface area (Å²) in [6, 6.07) is -0.683. The Balaban J connectivity index is 0. The minimum Gasteiger partial charge on any atom is -0.480 e. The second-order valence-electron chi connectivity index (χ2n) is 1.73. The van der Waals surface area contributed by atoms with Gasteiger partial charge in [-0.1, -0.05) is 0 Å². The summed E-state index contributed by atoms with van der Waals surface area (Å²) in [5.41, 5.74) is 5.19. The van der Waals surface area contributed by atoms with Crippen LogP contribution in [-0.2, 0) is 4.79 Å². The van der Waals surface area contributed by atoms with Crippen molar-refractivity contribution in [3.8, 4) is 0 Å². The Kier molecular flexibility index (Phi) is 11.7. The summed E-state index contributed by atoms with van der Waals surface area (Å²) in [5.74, 6) is 7.90. The van der Waals surface area contributed by atoms with Gasteiger partial charge in [0, 0.05) is 0 Å². The number of carboxylic acids is 1. The Morgan fingerprint density at radius 2 is 2.09 bits per heavy atom. The summed E-state index contributed by atoms with van der Waals surface area (Å²) in [4.78, 5) is 10.1. The van der Waals surface area contributed by atoms with Gasteiger partial charge < -0.3 is 10.8 Å². The Labute approximate surface area is 70.3 Å². The third-order valence-corrected chi connectivity index (χ3v) is 1.59. The van der Waals surface area contributed by atoms with Crippen LogP contribution in [0.3, 0.4) is 0 Å². The van der Waals surface area contributed by atoms with Crippen LogP contribution >= 0.6 is 11.8 Å². The average molecular weight is 181 g/mol. The molecule has 68 valence electrons. The zero-order chi connectivity index (χ0) is 9.28. The molecule has 0 aliphatic rings. The van der Waals surface area contributed by atoms with Crippen LogP contribution in [0, 0.1) is 0 Å². The van der Waals surface area contributed by atoms with Gasteiger partial charge in [-0.3, -0.25) is 16.5 Å². The zero-order valence-electron chi connectivity index (χ0n) is 6.49. The summed E-state index contributed by atoms with van der Waals surface area (Å²) >= 11 is 1.60. The number of hydrazine groups is 1. The average Bonchev–Trinajstić information content (AvgIpc) is 2.03. The molecule has 6 heteroatoms. The van der Waals surface area contributed by atoms with Crippen LogP contribution in [0.1, 0.15) is 6.42 Å². The van der Waals surface area contributed by atoms with Gasteiger partial charge in [-0.25, -0.2) is 0 Å². The fraction of sp³-hybridized carbons (Fsp3) is 0.800. The Morgan fingerprint density at radius 3 is 2.36 bits per heavy atom. The maximum Gasteiger partial charge on any atom is 0.320 e. The summed E-state index contributed by atoms with van der Waals surface area (Å²) in [6.07, 6.45) is 2.48. The lowest BCUT2D eigenvalue weighted by Gasteiger charge is -2.02. The Morgan fingerprint density at radius 1 is 1.64 bits per heavy atom. The molecule has 1 atom stereocenters. The smallest absolute Gasteiger partial charge is 0.320 e. The molecule has 0 heterocycles. The number of hydrogen-bond donors (Lipinski definition) is 4. The highest BCUT2D eigenvalue weighted by molar-refractivity contribution is 7.98. The van der Waals surface area contributed by atoms with E-state index in [1.165, 1.54) is 0 Å². The molecule has 7 N–H and O–H groups in total. The molecule has 0 spiro atoms. The molecule has 0 amide bonds. The van der Waals surface area contributed by atoms with Gasteiger partial charge >= 0.3 is 5.97 Å². The highest BCUT2D eigenvalue weighted by Crippen LogP contribution is 1.97. The van der Waals surface area contributed by atoms with E-state index in [1.807, 2.05) is 6.26 Å². The largest absolute Gasteiger partial charge is 0.480 e. The number of thioether (sulfide) groups is 1. The summed E-state index contributed by atoms with van der Waals surface area (Å²) in [5, 5.41) is 8.27. The van der Waals surface area contributed by atoms with E-state index in [0.29, 0.717) is 6.42 Å². The van der Waals surface area contributed by atoms with E-state index in [4.69, 9.17) is 10.8 Å². The van der Waals surface area contributed by atoms with Crippen LogP contribution in [0.15, 0.2) is 0 Å². The second-order valence-corrected chi connectivity index (χ2v) is 2.71. The van der Waals surface area contributed by atoms with Crippen molar-refractivity contribution in [2.24, 2.45) is 17.4 Å². The fourth-order valence-electron chi connectivity index (χ4n) is 0.368. The molecular formula is C5H15N3O2S. The monoisotopic (exact) mass is 181 g/mol. The van der Waals surface area contributed by atoms with Crippen molar-refractivity contribution in [1.29, 1.82) is 0 Å². The summed E-state index contributed by atoms with van der Waals surface area (Å²) in [6.45, 7) is 0. The number of carboxylic acid groups (broad SMARTS) is 1. The van der Waals surface area contributed by atoms with Crippen LogP contribution in [0.2, 0.25) is 0 Å². The molecule has 0 radical (unpaired) electrons. The van der Waals surface area contributed by atoms with Crippen molar-refractivity contribution in [3.63, 3.8) is 0 Å². The van der Waals surface area contributed by atoms with Gasteiger partial charge in [0.2, 0.25) is 0 Å². The van der Waals surface area contributed by atoms with E-state index in [2.05, 4.69) is 11.7 Å². The molecule has 0 aromatic carbocycles. The number of hydrogen-bond acceptors (Lipinski definition) is 5. The zero-order valence-corrected chi connectivity index (χ0v) is 7.30. The molecule has 5 nitrogen and oxygen atoms in total. The molecule has 0 fully saturated rings. The van der Waals surface area contributed by atoms with Crippen molar-refractivity contribution in [1.82, 2.24) is 0 Å². The summed E-state index contributed by atoms with van der Waals surface area (Å²) in [7, 11) is 0. The van der Waals surface area contributed by atoms with Gasteiger partial charge in [0.05, 0.1) is 0 Å². The lowest BCUT2D eigenvalue weighted by molar-refractivity contribution is -0.138. The number of nitrogens with two attached hydrogens (primary N) is 3. The maximum atomic E-state index is 10.1. The van der Waals surface area contributed by atoms with E-state index in [9.17, 15) is 4.79 Å². The van der Waals surface area contributed by atoms with Crippen LogP contribution in [0.5, 0.6) is 0 Å². The van der Waals surface area contributed by atoms with Gasteiger partial charge in [-0.05, 0) is 18.4 Å². The fourth-order valence-corrected chi connectivity index (χ4v) is 0.858. The van der Waals surface area contributed by atoms with Crippen LogP contribution in [0.4, 0.5) is 0 Å². The molecule has 1 unspecified atom stereocenters. The van der Waals surface area contributed by atoms with Crippen LogP contribution in [-0.4, -0.2) is 29.1 Å². The Bertz CT molecular complexity index is 102. The van der Waals surface area contributed by atoms with Crippen molar-refractivity contribution in [3.05, 3.63) is 0 Å². The lowest BCUT2D eigenvalue weighted by Crippen LogP contribution is -2.30. The highest BCUT2D eigenvalue weighted by atomic mass is 32.2. The van der Waals surface area contributed by atoms with Crippen LogP contribution < -0.4 is 17.4 Å². The number of carbonyl (C=O) groups is 1. The van der Waals surface area contributed by atoms with E-state index in [0.717, 1.165) is 5.75 Å². The normalized spacial score (nSPS) is 11.3. The number of rotatable bonds is 4. The third kappa shape index (κ3) is 9.70. The van der Waals surface area contributed by atoms with Gasteiger partial charge in [0.15, 0.2) is 0 Å². The molecule has 0 saturated carbocycles. The molecule has 0 bridgehead atoms. The molecular weight excluding hydrogens is 166 g/mol. The van der Waals surface area contributed by atoms with Gasteiger partial charge in [0.1, 0.15) is 6.04 Å². The molecule has 0 aromatic rings. The molecule has 0 saturated heterocycles. The van der Waals surface area contributed by atoms with Crippen molar-refractivity contribution >= 4 is 17.7 Å². The molecule has 11 heavy (non-hydrogen) atoms. The van der Waals surface area contributed by atoms with Crippen molar-refractivity contribution in [2.45, 2.75) is 12.5 Å². The van der Waals surface area contributed by atoms with Gasteiger partial charge in [0.25, 0.3) is 0 Å². The van der Waals surface area contributed by atoms with Crippen molar-refractivity contribution < 1.29 is 9.90 Å². The first-order chi connectivity index (χ1) is 5.18. The van der Waals surface area contributed by atoms with E-state index in [1.54, 1.807) is 11.8 Å². The lowest BCUT2D eigenvalue weighted by atomic mass is 10.2. The third-order valence-electron chi connectivity index (χ3n) is 0.950. The van der Waals surface area contributed by atoms with E-state index < -0.39 is 12.0 Å². The number of aliphatic carboxylic acids is 1. The quantitative estimate of drug-likeness (QED) is 0.325. The minimum absolute atomic E-state index is 0.552. The van der Waals surface area contributed by atoms with E-state index in [-0.39, 0.29) is 0 Å². The molecule has 0 aliphatic carbocycles. The highest BCUT2D eigenvalue weighted by Gasteiger charge is 2.08. The Hall–Kier alpha value is -0.300. The first-order valence-corrected chi connectivity index (χ1v) is 4.38. The topological polar surface area (TPSA) is 115 Å². The van der Waals surface area contributed by atoms with Gasteiger partial charge in [-0.2, -0.15) is 11.8 Å². The van der Waals surface area contributed by atoms with Crippen LogP contribution in [0.25, 0.3) is 0 Å². The first kappa shape index (κ1) is 13.3.